The maximum absolute atomic E-state index is 13.6. The number of alkyl halides is 10. The molecule has 0 aromatic carbocycles. The fourth-order valence-corrected chi connectivity index (χ4v) is 3.46. The van der Waals surface area contributed by atoms with Crippen molar-refractivity contribution in [3.8, 4) is 0 Å². The zero-order valence-corrected chi connectivity index (χ0v) is 17.8. The molecule has 0 amide bonds. The van der Waals surface area contributed by atoms with Gasteiger partial charge < -0.3 is 4.48 Å². The molecular formula is C14H24ClF10N2O2S+. The molecule has 0 saturated heterocycles. The Morgan fingerprint density at radius 2 is 1.30 bits per heavy atom. The number of nitrogens with one attached hydrogen (secondary N) is 1. The van der Waals surface area contributed by atoms with Crippen molar-refractivity contribution in [2.75, 3.05) is 40.0 Å². The topological polar surface area (TPSA) is 46.2 Å². The molecule has 1 N–H and O–H groups in total. The first-order chi connectivity index (χ1) is 12.5. The zero-order valence-electron chi connectivity index (χ0n) is 16.2. The molecule has 0 bridgehead atoms. The van der Waals surface area contributed by atoms with Crippen LogP contribution in [-0.2, 0) is 10.0 Å². The number of nitrogens with zero attached hydrogens (tertiary/aromatic N) is 1. The third-order valence-corrected chi connectivity index (χ3v) is 5.37. The predicted octanol–water partition coefficient (Wildman–Crippen LogP) is 4.22. The van der Waals surface area contributed by atoms with E-state index in [9.17, 15) is 52.3 Å². The Hall–Kier alpha value is -0.540. The monoisotopic (exact) mass is 509 g/mol. The number of hydrogen-bond acceptors (Lipinski definition) is 2. The van der Waals surface area contributed by atoms with E-state index in [-0.39, 0.29) is 25.4 Å². The molecule has 0 radical (unpaired) electrons. The standard InChI is InChI=1S/C14H23F10N2O2S.ClH/c1-26(2,3)7-4-6-25-29(27,28)8-5-10(12(16,17)18)9-11(15,13(19,20)21)14(22,23)24;/h10,25H,4-9H2,1-3H3;1H/q+1;. The van der Waals surface area contributed by atoms with E-state index in [4.69, 9.17) is 0 Å². The fraction of sp³-hybridized carbons (Fsp3) is 1.00. The summed E-state index contributed by atoms with van der Waals surface area (Å²) in [4.78, 5) is 0. The maximum Gasteiger partial charge on any atom is 0.431 e. The summed E-state index contributed by atoms with van der Waals surface area (Å²) in [5, 5.41) is 0. The lowest BCUT2D eigenvalue weighted by Gasteiger charge is -2.33. The Labute approximate surface area is 174 Å². The highest BCUT2D eigenvalue weighted by molar-refractivity contribution is 7.89. The molecule has 1 unspecified atom stereocenters. The minimum Gasteiger partial charge on any atom is -0.331 e. The molecule has 30 heavy (non-hydrogen) atoms. The van der Waals surface area contributed by atoms with E-state index in [0.717, 1.165) is 0 Å². The van der Waals surface area contributed by atoms with Gasteiger partial charge in [-0.1, -0.05) is 0 Å². The van der Waals surface area contributed by atoms with Crippen LogP contribution in [0.15, 0.2) is 0 Å². The molecule has 0 saturated carbocycles. The number of halogens is 11. The van der Waals surface area contributed by atoms with Gasteiger partial charge in [0.15, 0.2) is 0 Å². The van der Waals surface area contributed by atoms with E-state index >= 15 is 0 Å². The summed E-state index contributed by atoms with van der Waals surface area (Å²) in [5.74, 6) is -4.88. The van der Waals surface area contributed by atoms with Gasteiger partial charge in [0.1, 0.15) is 0 Å². The molecule has 0 aliphatic heterocycles. The number of rotatable bonds is 10. The first kappa shape index (κ1) is 31.6. The SMILES string of the molecule is C[N+](C)(C)CCCNS(=O)(=O)CCC(CC(F)(C(F)(F)F)C(F)(F)F)C(F)(F)F.Cl. The van der Waals surface area contributed by atoms with Crippen LogP contribution in [0.1, 0.15) is 19.3 Å². The van der Waals surface area contributed by atoms with Crippen LogP contribution < -0.4 is 4.72 Å². The normalized spacial score (nSPS) is 15.6. The summed E-state index contributed by atoms with van der Waals surface area (Å²) >= 11 is 0. The molecule has 0 aliphatic carbocycles. The van der Waals surface area contributed by atoms with Crippen LogP contribution in [0, 0.1) is 5.92 Å². The summed E-state index contributed by atoms with van der Waals surface area (Å²) in [6.07, 6.45) is -23.4. The molecule has 16 heteroatoms. The fourth-order valence-electron chi connectivity index (χ4n) is 2.26. The summed E-state index contributed by atoms with van der Waals surface area (Å²) in [7, 11) is 0.931. The average Bonchev–Trinajstić information content (AvgIpc) is 2.43. The number of sulfonamides is 1. The molecule has 1 atom stereocenters. The van der Waals surface area contributed by atoms with Gasteiger partial charge in [-0.25, -0.2) is 17.5 Å². The van der Waals surface area contributed by atoms with Crippen LogP contribution in [0.5, 0.6) is 0 Å². The second kappa shape index (κ2) is 10.4. The predicted molar refractivity (Wildman–Crippen MR) is 91.3 cm³/mol. The summed E-state index contributed by atoms with van der Waals surface area (Å²) in [6.45, 7) is 0.294. The molecule has 0 spiro atoms. The third kappa shape index (κ3) is 10.2. The van der Waals surface area contributed by atoms with E-state index in [1.54, 1.807) is 21.1 Å². The van der Waals surface area contributed by atoms with Crippen molar-refractivity contribution in [3.05, 3.63) is 0 Å². The Balaban J connectivity index is 0. The Morgan fingerprint density at radius 3 is 1.63 bits per heavy atom. The first-order valence-corrected chi connectivity index (χ1v) is 9.84. The molecule has 184 valence electrons. The summed E-state index contributed by atoms with van der Waals surface area (Å²) in [5.41, 5.74) is -6.12. The van der Waals surface area contributed by atoms with Gasteiger partial charge in [0, 0.05) is 19.4 Å². The largest absolute Gasteiger partial charge is 0.431 e. The van der Waals surface area contributed by atoms with Crippen LogP contribution in [0.3, 0.4) is 0 Å². The summed E-state index contributed by atoms with van der Waals surface area (Å²) < 4.78 is 153. The second-order valence-electron chi connectivity index (χ2n) is 7.61. The molecular weight excluding hydrogens is 486 g/mol. The molecule has 0 aromatic rings. The van der Waals surface area contributed by atoms with Gasteiger partial charge in [-0.15, -0.1) is 12.4 Å². The van der Waals surface area contributed by atoms with E-state index < -0.39 is 58.7 Å². The molecule has 0 aliphatic rings. The minimum atomic E-state index is -6.66. The van der Waals surface area contributed by atoms with Crippen molar-refractivity contribution < 1.29 is 56.8 Å². The molecule has 0 fully saturated rings. The smallest absolute Gasteiger partial charge is 0.331 e. The van der Waals surface area contributed by atoms with Crippen molar-refractivity contribution in [1.29, 1.82) is 0 Å². The van der Waals surface area contributed by atoms with Crippen LogP contribution >= 0.6 is 12.4 Å². The average molecular weight is 510 g/mol. The van der Waals surface area contributed by atoms with Crippen LogP contribution in [0.4, 0.5) is 43.9 Å². The molecule has 0 aromatic heterocycles. The van der Waals surface area contributed by atoms with Gasteiger partial charge in [-0.05, 0) is 6.42 Å². The van der Waals surface area contributed by atoms with E-state index in [1.165, 1.54) is 0 Å². The zero-order chi connectivity index (χ0) is 23.5. The quantitative estimate of drug-likeness (QED) is 0.272. The molecule has 0 heterocycles. The summed E-state index contributed by atoms with van der Waals surface area (Å²) in [6, 6.07) is 0. The van der Waals surface area contributed by atoms with Gasteiger partial charge in [-0.3, -0.25) is 0 Å². The minimum absolute atomic E-state index is 0. The van der Waals surface area contributed by atoms with Crippen molar-refractivity contribution >= 4 is 22.4 Å². The third-order valence-electron chi connectivity index (χ3n) is 3.95. The lowest BCUT2D eigenvalue weighted by molar-refractivity contribution is -0.870. The van der Waals surface area contributed by atoms with Crippen molar-refractivity contribution in [3.63, 3.8) is 0 Å². The number of hydrogen-bond donors (Lipinski definition) is 1. The highest BCUT2D eigenvalue weighted by Gasteiger charge is 2.73. The van der Waals surface area contributed by atoms with Gasteiger partial charge in [-0.2, -0.15) is 39.5 Å². The Bertz CT molecular complexity index is 613. The maximum atomic E-state index is 13.6. The first-order valence-electron chi connectivity index (χ1n) is 8.19. The van der Waals surface area contributed by atoms with Crippen LogP contribution in [-0.4, -0.2) is 77.1 Å². The van der Waals surface area contributed by atoms with Gasteiger partial charge >= 0.3 is 18.5 Å². The number of quaternary nitrogens is 1. The lowest BCUT2D eigenvalue weighted by atomic mass is 9.88. The van der Waals surface area contributed by atoms with Crippen molar-refractivity contribution in [2.24, 2.45) is 5.92 Å². The Kier molecular flexibility index (Phi) is 11.0. The van der Waals surface area contributed by atoms with E-state index in [0.29, 0.717) is 11.0 Å². The van der Waals surface area contributed by atoms with Crippen molar-refractivity contribution in [1.82, 2.24) is 4.72 Å². The van der Waals surface area contributed by atoms with E-state index in [2.05, 4.69) is 0 Å². The van der Waals surface area contributed by atoms with Crippen LogP contribution in [0.2, 0.25) is 0 Å². The highest BCUT2D eigenvalue weighted by atomic mass is 35.5. The Morgan fingerprint density at radius 1 is 0.867 bits per heavy atom. The molecule has 4 nitrogen and oxygen atoms in total. The highest BCUT2D eigenvalue weighted by Crippen LogP contribution is 2.52. The van der Waals surface area contributed by atoms with Gasteiger partial charge in [0.25, 0.3) is 5.67 Å². The lowest BCUT2D eigenvalue weighted by Crippen LogP contribution is -2.55. The van der Waals surface area contributed by atoms with Gasteiger partial charge in [0.2, 0.25) is 10.0 Å². The molecule has 0 rings (SSSR count). The van der Waals surface area contributed by atoms with Crippen molar-refractivity contribution in [2.45, 2.75) is 43.5 Å². The second-order valence-corrected chi connectivity index (χ2v) is 9.54. The van der Waals surface area contributed by atoms with E-state index in [1.807, 2.05) is 4.72 Å². The van der Waals surface area contributed by atoms with Gasteiger partial charge in [0.05, 0.1) is 39.4 Å². The van der Waals surface area contributed by atoms with Crippen LogP contribution in [0.25, 0.3) is 0 Å².